The fourth-order valence-electron chi connectivity index (χ4n) is 1.85. The van der Waals surface area contributed by atoms with E-state index in [1.165, 1.54) is 12.1 Å². The number of nitrogens with one attached hydrogen (secondary N) is 2. The first kappa shape index (κ1) is 13.0. The van der Waals surface area contributed by atoms with Crippen LogP contribution in [0.25, 0.3) is 11.0 Å². The molecule has 1 aromatic heterocycles. The smallest absolute Gasteiger partial charge is 0.205 e. The van der Waals surface area contributed by atoms with E-state index in [-0.39, 0.29) is 10.0 Å². The third kappa shape index (κ3) is 2.37. The summed E-state index contributed by atoms with van der Waals surface area (Å²) in [5, 5.41) is 2.87. The minimum atomic E-state index is -0.642. The summed E-state index contributed by atoms with van der Waals surface area (Å²) in [6.07, 6.45) is 0. The Labute approximate surface area is 123 Å². The molecule has 0 bridgehead atoms. The van der Waals surface area contributed by atoms with Crippen LogP contribution in [0.15, 0.2) is 30.3 Å². The van der Waals surface area contributed by atoms with Gasteiger partial charge in [-0.15, -0.1) is 0 Å². The van der Waals surface area contributed by atoms with Gasteiger partial charge in [-0.3, -0.25) is 0 Å². The van der Waals surface area contributed by atoms with Crippen molar-refractivity contribution < 1.29 is 4.39 Å². The summed E-state index contributed by atoms with van der Waals surface area (Å²) in [7, 11) is 0. The molecule has 2 aromatic carbocycles. The van der Waals surface area contributed by atoms with E-state index >= 15 is 0 Å². The molecule has 3 aromatic rings. The van der Waals surface area contributed by atoms with Crippen LogP contribution in [0.5, 0.6) is 0 Å². The van der Waals surface area contributed by atoms with Crippen LogP contribution in [0.1, 0.15) is 0 Å². The molecule has 20 heavy (non-hydrogen) atoms. The van der Waals surface area contributed by atoms with Gasteiger partial charge in [-0.25, -0.2) is 9.37 Å². The van der Waals surface area contributed by atoms with Crippen LogP contribution in [-0.4, -0.2) is 9.97 Å². The highest BCUT2D eigenvalue weighted by Crippen LogP contribution is 2.29. The van der Waals surface area contributed by atoms with E-state index in [9.17, 15) is 4.39 Å². The number of aromatic nitrogens is 2. The zero-order valence-electron chi connectivity index (χ0n) is 10.0. The fourth-order valence-corrected chi connectivity index (χ4v) is 2.34. The van der Waals surface area contributed by atoms with Crippen LogP contribution in [0, 0.1) is 5.82 Å². The van der Waals surface area contributed by atoms with E-state index in [0.717, 1.165) is 11.0 Å². The molecule has 0 amide bonds. The van der Waals surface area contributed by atoms with E-state index in [1.54, 1.807) is 18.2 Å². The van der Waals surface area contributed by atoms with Gasteiger partial charge in [0.2, 0.25) is 5.95 Å². The molecule has 0 saturated carbocycles. The lowest BCUT2D eigenvalue weighted by molar-refractivity contribution is 0.629. The quantitative estimate of drug-likeness (QED) is 0.487. The Morgan fingerprint density at radius 3 is 2.55 bits per heavy atom. The first-order valence-electron chi connectivity index (χ1n) is 5.70. The molecule has 0 aliphatic carbocycles. The van der Waals surface area contributed by atoms with Crippen molar-refractivity contribution in [1.82, 2.24) is 9.97 Å². The van der Waals surface area contributed by atoms with Crippen molar-refractivity contribution in [3.05, 3.63) is 46.2 Å². The lowest BCUT2D eigenvalue weighted by Crippen LogP contribution is -1.93. The number of nitrogens with two attached hydrogens (primary N) is 1. The highest BCUT2D eigenvalue weighted by Gasteiger charge is 2.09. The first-order valence-corrected chi connectivity index (χ1v) is 6.45. The number of H-pyrrole nitrogens is 1. The second kappa shape index (κ2) is 4.85. The topological polar surface area (TPSA) is 66.7 Å². The van der Waals surface area contributed by atoms with Gasteiger partial charge < -0.3 is 16.0 Å². The van der Waals surface area contributed by atoms with Gasteiger partial charge >= 0.3 is 0 Å². The van der Waals surface area contributed by atoms with Gasteiger partial charge in [0.15, 0.2) is 5.82 Å². The van der Waals surface area contributed by atoms with E-state index in [0.29, 0.717) is 17.3 Å². The van der Waals surface area contributed by atoms with Gasteiger partial charge in [0, 0.05) is 11.4 Å². The molecule has 1 heterocycles. The number of fused-ring (bicyclic) bond motifs is 1. The molecule has 3 rings (SSSR count). The van der Waals surface area contributed by atoms with Crippen molar-refractivity contribution in [2.24, 2.45) is 0 Å². The Balaban J connectivity index is 1.96. The summed E-state index contributed by atoms with van der Waals surface area (Å²) in [5.74, 6) is -0.152. The molecule has 0 saturated heterocycles. The average molecular weight is 311 g/mol. The number of nitrogens with zero attached hydrogens (tertiary/aromatic N) is 1. The third-order valence-electron chi connectivity index (χ3n) is 2.75. The molecule has 102 valence electrons. The Kier molecular flexibility index (Phi) is 3.16. The largest absolute Gasteiger partial charge is 0.399 e. The summed E-state index contributed by atoms with van der Waals surface area (Å²) in [4.78, 5) is 7.39. The fraction of sp³-hybridized carbons (Fsp3) is 0. The van der Waals surface area contributed by atoms with Crippen LogP contribution < -0.4 is 11.1 Å². The van der Waals surface area contributed by atoms with Gasteiger partial charge in [0.05, 0.1) is 21.1 Å². The molecular formula is C13H9Cl2FN4. The number of aromatic amines is 1. The van der Waals surface area contributed by atoms with Crippen LogP contribution in [0.4, 0.5) is 21.7 Å². The van der Waals surface area contributed by atoms with Crippen molar-refractivity contribution in [2.75, 3.05) is 11.1 Å². The number of halogens is 3. The molecule has 0 atom stereocenters. The van der Waals surface area contributed by atoms with Crippen LogP contribution in [0.3, 0.4) is 0 Å². The second-order valence-corrected chi connectivity index (χ2v) is 5.06. The molecule has 0 aliphatic heterocycles. The number of rotatable bonds is 2. The van der Waals surface area contributed by atoms with Crippen LogP contribution >= 0.6 is 23.2 Å². The maximum atomic E-state index is 13.3. The van der Waals surface area contributed by atoms with Gasteiger partial charge in [-0.1, -0.05) is 23.2 Å². The highest BCUT2D eigenvalue weighted by atomic mass is 35.5. The molecule has 0 spiro atoms. The van der Waals surface area contributed by atoms with Gasteiger partial charge in [0.1, 0.15) is 0 Å². The number of imidazole rings is 1. The predicted octanol–water partition coefficient (Wildman–Crippen LogP) is 4.33. The van der Waals surface area contributed by atoms with Crippen molar-refractivity contribution in [3.63, 3.8) is 0 Å². The van der Waals surface area contributed by atoms with E-state index in [1.807, 2.05) is 0 Å². The lowest BCUT2D eigenvalue weighted by Gasteiger charge is -2.05. The van der Waals surface area contributed by atoms with E-state index < -0.39 is 5.82 Å². The first-order chi connectivity index (χ1) is 9.52. The van der Waals surface area contributed by atoms with Crippen molar-refractivity contribution in [2.45, 2.75) is 0 Å². The molecule has 0 aliphatic rings. The summed E-state index contributed by atoms with van der Waals surface area (Å²) < 4.78 is 13.3. The Morgan fingerprint density at radius 1 is 1.15 bits per heavy atom. The SMILES string of the molecule is Nc1ccc2nc(Nc3cc(Cl)c(F)c(Cl)c3)[nH]c2c1. The zero-order valence-corrected chi connectivity index (χ0v) is 11.6. The highest BCUT2D eigenvalue weighted by molar-refractivity contribution is 6.35. The maximum Gasteiger partial charge on any atom is 0.205 e. The number of benzene rings is 2. The Bertz CT molecular complexity index is 777. The van der Waals surface area contributed by atoms with Crippen molar-refractivity contribution >= 4 is 51.6 Å². The zero-order chi connectivity index (χ0) is 14.3. The number of nitrogen functional groups attached to an aromatic ring is 1. The normalized spacial score (nSPS) is 10.9. The minimum absolute atomic E-state index is 0.0552. The second-order valence-electron chi connectivity index (χ2n) is 4.24. The molecule has 0 radical (unpaired) electrons. The third-order valence-corrected chi connectivity index (χ3v) is 3.30. The summed E-state index contributed by atoms with van der Waals surface area (Å²) >= 11 is 11.5. The summed E-state index contributed by atoms with van der Waals surface area (Å²) in [6.45, 7) is 0. The van der Waals surface area contributed by atoms with Gasteiger partial charge in [-0.2, -0.15) is 0 Å². The van der Waals surface area contributed by atoms with Crippen LogP contribution in [-0.2, 0) is 0 Å². The monoisotopic (exact) mass is 310 g/mol. The Morgan fingerprint density at radius 2 is 1.85 bits per heavy atom. The Hall–Kier alpha value is -1.98. The standard InChI is InChI=1S/C13H9Cl2FN4/c14-8-4-7(5-9(15)12(8)16)18-13-19-10-2-1-6(17)3-11(10)20-13/h1-5H,17H2,(H2,18,19,20). The lowest BCUT2D eigenvalue weighted by atomic mass is 10.3. The molecule has 4 nitrogen and oxygen atoms in total. The van der Waals surface area contributed by atoms with Crippen molar-refractivity contribution in [3.8, 4) is 0 Å². The van der Waals surface area contributed by atoms with E-state index in [4.69, 9.17) is 28.9 Å². The summed E-state index contributed by atoms with van der Waals surface area (Å²) in [5.41, 5.74) is 8.44. The molecule has 4 N–H and O–H groups in total. The number of anilines is 3. The minimum Gasteiger partial charge on any atom is -0.399 e. The predicted molar refractivity (Wildman–Crippen MR) is 80.2 cm³/mol. The maximum absolute atomic E-state index is 13.3. The summed E-state index contributed by atoms with van der Waals surface area (Å²) in [6, 6.07) is 8.21. The van der Waals surface area contributed by atoms with Gasteiger partial charge in [0.25, 0.3) is 0 Å². The molecule has 0 unspecified atom stereocenters. The van der Waals surface area contributed by atoms with Crippen molar-refractivity contribution in [1.29, 1.82) is 0 Å². The average Bonchev–Trinajstić information content (AvgIpc) is 2.77. The van der Waals surface area contributed by atoms with Crippen LogP contribution in [0.2, 0.25) is 10.0 Å². The van der Waals surface area contributed by atoms with Gasteiger partial charge in [-0.05, 0) is 30.3 Å². The molecule has 0 fully saturated rings. The molecular weight excluding hydrogens is 302 g/mol. The van der Waals surface area contributed by atoms with E-state index in [2.05, 4.69) is 15.3 Å². The number of hydrogen-bond donors (Lipinski definition) is 3. The number of hydrogen-bond acceptors (Lipinski definition) is 3. The molecule has 7 heteroatoms.